The predicted molar refractivity (Wildman–Crippen MR) is 69.7 cm³/mol. The van der Waals surface area contributed by atoms with Gasteiger partial charge in [0.05, 0.1) is 18.2 Å². The highest BCUT2D eigenvalue weighted by atomic mass is 16.5. The summed E-state index contributed by atoms with van der Waals surface area (Å²) in [6.07, 6.45) is 3.48. The molecular formula is C14H18N2O2. The van der Waals surface area contributed by atoms with Crippen molar-refractivity contribution in [2.45, 2.75) is 37.1 Å². The van der Waals surface area contributed by atoms with Crippen LogP contribution in [0.1, 0.15) is 31.2 Å². The van der Waals surface area contributed by atoms with E-state index in [2.05, 4.69) is 5.32 Å². The molecule has 2 aliphatic rings. The molecule has 0 saturated heterocycles. The molecule has 96 valence electrons. The molecule has 1 amide bonds. The zero-order chi connectivity index (χ0) is 12.8. The normalized spacial score (nSPS) is 30.1. The van der Waals surface area contributed by atoms with E-state index in [0.717, 1.165) is 42.7 Å². The number of carbonyl (C=O) groups is 1. The lowest BCUT2D eigenvalue weighted by Gasteiger charge is -2.34. The fourth-order valence-electron chi connectivity index (χ4n) is 3.21. The minimum Gasteiger partial charge on any atom is -0.495 e. The van der Waals surface area contributed by atoms with Crippen LogP contribution in [0.25, 0.3) is 0 Å². The summed E-state index contributed by atoms with van der Waals surface area (Å²) < 4.78 is 5.32. The summed E-state index contributed by atoms with van der Waals surface area (Å²) in [5.41, 5.74) is 7.51. The first-order valence-electron chi connectivity index (χ1n) is 6.42. The van der Waals surface area contributed by atoms with Crippen LogP contribution in [0.15, 0.2) is 18.2 Å². The number of anilines is 1. The zero-order valence-corrected chi connectivity index (χ0v) is 10.5. The first kappa shape index (κ1) is 11.5. The lowest BCUT2D eigenvalue weighted by atomic mass is 9.69. The van der Waals surface area contributed by atoms with E-state index in [1.54, 1.807) is 7.11 Å². The van der Waals surface area contributed by atoms with E-state index in [4.69, 9.17) is 10.5 Å². The smallest absolute Gasteiger partial charge is 0.235 e. The number of hydrogen-bond acceptors (Lipinski definition) is 3. The molecule has 0 atom stereocenters. The number of para-hydroxylation sites is 1. The van der Waals surface area contributed by atoms with Crippen LogP contribution in [0.3, 0.4) is 0 Å². The lowest BCUT2D eigenvalue weighted by Crippen LogP contribution is -2.41. The fraction of sp³-hybridized carbons (Fsp3) is 0.500. The van der Waals surface area contributed by atoms with E-state index in [0.29, 0.717) is 0 Å². The van der Waals surface area contributed by atoms with Crippen molar-refractivity contribution >= 4 is 11.6 Å². The maximum atomic E-state index is 12.4. The van der Waals surface area contributed by atoms with Crippen molar-refractivity contribution in [1.29, 1.82) is 0 Å². The molecule has 0 aromatic heterocycles. The molecule has 4 nitrogen and oxygen atoms in total. The number of nitrogens with one attached hydrogen (secondary N) is 1. The van der Waals surface area contributed by atoms with E-state index in [9.17, 15) is 4.79 Å². The van der Waals surface area contributed by atoms with Gasteiger partial charge in [0.25, 0.3) is 0 Å². The van der Waals surface area contributed by atoms with Crippen molar-refractivity contribution in [2.75, 3.05) is 12.4 Å². The number of fused-ring (bicyclic) bond motifs is 2. The van der Waals surface area contributed by atoms with Gasteiger partial charge in [0.2, 0.25) is 5.91 Å². The van der Waals surface area contributed by atoms with Crippen molar-refractivity contribution in [1.82, 2.24) is 0 Å². The third-order valence-corrected chi connectivity index (χ3v) is 4.32. The standard InChI is InChI=1S/C14H18N2O2/c1-18-11-4-2-3-10-12(11)16-13(17)14(10)7-5-9(15)6-8-14/h2-4,9H,5-8,15H2,1H3,(H,16,17). The second-order valence-electron chi connectivity index (χ2n) is 5.26. The highest BCUT2D eigenvalue weighted by molar-refractivity contribution is 6.07. The number of rotatable bonds is 1. The van der Waals surface area contributed by atoms with Crippen LogP contribution in [0.2, 0.25) is 0 Å². The largest absolute Gasteiger partial charge is 0.495 e. The molecule has 1 spiro atoms. The average Bonchev–Trinajstić information content (AvgIpc) is 2.66. The molecule has 4 heteroatoms. The van der Waals surface area contributed by atoms with Gasteiger partial charge in [-0.2, -0.15) is 0 Å². The van der Waals surface area contributed by atoms with Crippen LogP contribution in [0.5, 0.6) is 5.75 Å². The Bertz CT molecular complexity index is 491. The van der Waals surface area contributed by atoms with Gasteiger partial charge in [0.1, 0.15) is 5.75 Å². The number of benzene rings is 1. The molecular weight excluding hydrogens is 228 g/mol. The first-order chi connectivity index (χ1) is 8.67. The summed E-state index contributed by atoms with van der Waals surface area (Å²) in [7, 11) is 1.63. The van der Waals surface area contributed by atoms with Crippen molar-refractivity contribution in [3.8, 4) is 5.75 Å². The molecule has 0 bridgehead atoms. The van der Waals surface area contributed by atoms with E-state index in [-0.39, 0.29) is 17.4 Å². The van der Waals surface area contributed by atoms with Crippen LogP contribution in [0.4, 0.5) is 5.69 Å². The Morgan fingerprint density at radius 1 is 1.39 bits per heavy atom. The second kappa shape index (κ2) is 3.99. The number of hydrogen-bond donors (Lipinski definition) is 2. The van der Waals surface area contributed by atoms with Gasteiger partial charge in [-0.05, 0) is 37.3 Å². The van der Waals surface area contributed by atoms with Crippen molar-refractivity contribution in [3.05, 3.63) is 23.8 Å². The summed E-state index contributed by atoms with van der Waals surface area (Å²) in [6.45, 7) is 0. The number of amides is 1. The summed E-state index contributed by atoms with van der Waals surface area (Å²) in [6, 6.07) is 6.10. The van der Waals surface area contributed by atoms with E-state index in [1.165, 1.54) is 0 Å². The van der Waals surface area contributed by atoms with Gasteiger partial charge in [-0.25, -0.2) is 0 Å². The Hall–Kier alpha value is -1.55. The summed E-state index contributed by atoms with van der Waals surface area (Å²) in [5, 5.41) is 2.99. The van der Waals surface area contributed by atoms with Crippen LogP contribution in [-0.4, -0.2) is 19.1 Å². The molecule has 18 heavy (non-hydrogen) atoms. The fourth-order valence-corrected chi connectivity index (χ4v) is 3.21. The predicted octanol–water partition coefficient (Wildman–Crippen LogP) is 1.79. The molecule has 1 aliphatic heterocycles. The van der Waals surface area contributed by atoms with Crippen molar-refractivity contribution in [3.63, 3.8) is 0 Å². The van der Waals surface area contributed by atoms with Gasteiger partial charge in [0, 0.05) is 6.04 Å². The molecule has 1 aliphatic carbocycles. The van der Waals surface area contributed by atoms with E-state index >= 15 is 0 Å². The Morgan fingerprint density at radius 3 is 2.78 bits per heavy atom. The molecule has 3 rings (SSSR count). The Kier molecular flexibility index (Phi) is 2.55. The Labute approximate surface area is 107 Å². The van der Waals surface area contributed by atoms with E-state index < -0.39 is 0 Å². The molecule has 1 aromatic rings. The Morgan fingerprint density at radius 2 is 2.11 bits per heavy atom. The van der Waals surface area contributed by atoms with Gasteiger partial charge < -0.3 is 15.8 Å². The minimum absolute atomic E-state index is 0.105. The highest BCUT2D eigenvalue weighted by Gasteiger charge is 2.48. The molecule has 0 unspecified atom stereocenters. The van der Waals surface area contributed by atoms with Gasteiger partial charge in [-0.1, -0.05) is 12.1 Å². The van der Waals surface area contributed by atoms with Crippen LogP contribution in [0, 0.1) is 0 Å². The van der Waals surface area contributed by atoms with Gasteiger partial charge in [0.15, 0.2) is 0 Å². The molecule has 1 aromatic carbocycles. The van der Waals surface area contributed by atoms with Crippen LogP contribution >= 0.6 is 0 Å². The lowest BCUT2D eigenvalue weighted by molar-refractivity contribution is -0.122. The van der Waals surface area contributed by atoms with Gasteiger partial charge >= 0.3 is 0 Å². The summed E-state index contributed by atoms with van der Waals surface area (Å²) in [5.74, 6) is 0.849. The number of methoxy groups -OCH3 is 1. The third-order valence-electron chi connectivity index (χ3n) is 4.32. The maximum Gasteiger partial charge on any atom is 0.235 e. The van der Waals surface area contributed by atoms with Crippen molar-refractivity contribution < 1.29 is 9.53 Å². The minimum atomic E-state index is -0.375. The quantitative estimate of drug-likeness (QED) is 0.794. The number of nitrogens with two attached hydrogens (primary N) is 1. The topological polar surface area (TPSA) is 64.3 Å². The molecule has 1 fully saturated rings. The molecule has 1 saturated carbocycles. The van der Waals surface area contributed by atoms with Crippen LogP contribution < -0.4 is 15.8 Å². The SMILES string of the molecule is COc1cccc2c1NC(=O)C21CCC(N)CC1. The zero-order valence-electron chi connectivity index (χ0n) is 10.5. The van der Waals surface area contributed by atoms with Gasteiger partial charge in [-0.15, -0.1) is 0 Å². The van der Waals surface area contributed by atoms with Gasteiger partial charge in [-0.3, -0.25) is 4.79 Å². The second-order valence-corrected chi connectivity index (χ2v) is 5.26. The number of ether oxygens (including phenoxy) is 1. The van der Waals surface area contributed by atoms with Crippen LogP contribution in [-0.2, 0) is 10.2 Å². The van der Waals surface area contributed by atoms with Crippen molar-refractivity contribution in [2.24, 2.45) is 5.73 Å². The third kappa shape index (κ3) is 1.45. The molecule has 0 radical (unpaired) electrons. The summed E-state index contributed by atoms with van der Waals surface area (Å²) in [4.78, 5) is 12.4. The summed E-state index contributed by atoms with van der Waals surface area (Å²) >= 11 is 0. The highest BCUT2D eigenvalue weighted by Crippen LogP contribution is 2.49. The number of carbonyl (C=O) groups excluding carboxylic acids is 1. The average molecular weight is 246 g/mol. The monoisotopic (exact) mass is 246 g/mol. The first-order valence-corrected chi connectivity index (χ1v) is 6.42. The Balaban J connectivity index is 2.07. The van der Waals surface area contributed by atoms with E-state index in [1.807, 2.05) is 18.2 Å². The molecule has 3 N–H and O–H groups in total. The molecule has 1 heterocycles. The maximum absolute atomic E-state index is 12.4.